The van der Waals surface area contributed by atoms with Gasteiger partial charge in [-0.15, -0.1) is 11.3 Å². The first-order chi connectivity index (χ1) is 17.3. The number of amides is 1. The van der Waals surface area contributed by atoms with Crippen molar-refractivity contribution in [2.75, 3.05) is 26.2 Å². The predicted molar refractivity (Wildman–Crippen MR) is 150 cm³/mol. The number of halogens is 1. The molecule has 2 N–H and O–H groups in total. The first-order valence-electron chi connectivity index (χ1n) is 13.2. The Bertz CT molecular complexity index is 1060. The summed E-state index contributed by atoms with van der Waals surface area (Å²) in [6.07, 6.45) is 8.27. The smallest absolute Gasteiger partial charge is 0.252 e. The summed E-state index contributed by atoms with van der Waals surface area (Å²) in [4.78, 5) is 13.2. The maximum Gasteiger partial charge on any atom is 0.252 e. The van der Waals surface area contributed by atoms with Gasteiger partial charge in [0.05, 0.1) is 0 Å². The zero-order valence-corrected chi connectivity index (χ0v) is 23.9. The van der Waals surface area contributed by atoms with Gasteiger partial charge in [-0.05, 0) is 81.0 Å². The number of unbranched alkanes of at least 4 members (excludes halogenated alkanes) is 1. The molecule has 1 fully saturated rings. The monoisotopic (exact) mass is 553 g/mol. The highest BCUT2D eigenvalue weighted by atomic mass is 35.5. The summed E-state index contributed by atoms with van der Waals surface area (Å²) in [7, 11) is -3.50. The Morgan fingerprint density at radius 1 is 1.14 bits per heavy atom. The molecule has 1 aliphatic rings. The number of nitrogens with zero attached hydrogens (tertiary/aromatic N) is 1. The summed E-state index contributed by atoms with van der Waals surface area (Å²) in [6.45, 7) is 7.07. The minimum atomic E-state index is -3.50. The number of nitrogens with one attached hydrogen (secondary N) is 2. The minimum Gasteiger partial charge on any atom is -0.352 e. The SMILES string of the molecule is CCCCC(CC)CNC1CCCN(S(=O)(=O)c2ccc(CCNC(=O)c3ccc(Cl)cc3)s2)CC1. The molecule has 36 heavy (non-hydrogen) atoms. The number of thiophene rings is 1. The third-order valence-corrected chi connectivity index (χ3v) is 10.7. The van der Waals surface area contributed by atoms with E-state index in [-0.39, 0.29) is 5.91 Å². The van der Waals surface area contributed by atoms with Crippen LogP contribution in [0.5, 0.6) is 0 Å². The molecule has 3 rings (SSSR count). The number of carbonyl (C=O) groups excluding carboxylic acids is 1. The van der Waals surface area contributed by atoms with Gasteiger partial charge in [0.15, 0.2) is 0 Å². The molecule has 1 amide bonds. The lowest BCUT2D eigenvalue weighted by Gasteiger charge is -2.22. The fraction of sp³-hybridized carbons (Fsp3) is 0.593. The molecule has 2 unspecified atom stereocenters. The van der Waals surface area contributed by atoms with Gasteiger partial charge in [-0.3, -0.25) is 4.79 Å². The summed E-state index contributed by atoms with van der Waals surface area (Å²) in [5.41, 5.74) is 0.550. The zero-order chi connectivity index (χ0) is 26.0. The zero-order valence-electron chi connectivity index (χ0n) is 21.5. The highest BCUT2D eigenvalue weighted by molar-refractivity contribution is 7.91. The van der Waals surface area contributed by atoms with Crippen LogP contribution in [0.25, 0.3) is 0 Å². The molecule has 0 spiro atoms. The number of hydrogen-bond acceptors (Lipinski definition) is 5. The van der Waals surface area contributed by atoms with Crippen LogP contribution in [-0.4, -0.2) is 50.9 Å². The van der Waals surface area contributed by atoms with Gasteiger partial charge in [0.25, 0.3) is 15.9 Å². The maximum absolute atomic E-state index is 13.3. The van der Waals surface area contributed by atoms with Gasteiger partial charge in [0.2, 0.25) is 0 Å². The molecule has 2 atom stereocenters. The molecule has 0 radical (unpaired) electrons. The molecule has 6 nitrogen and oxygen atoms in total. The van der Waals surface area contributed by atoms with Crippen LogP contribution in [0, 0.1) is 5.92 Å². The van der Waals surface area contributed by atoms with Gasteiger partial charge in [0, 0.05) is 41.1 Å². The fourth-order valence-electron chi connectivity index (χ4n) is 4.55. The molecule has 1 aliphatic heterocycles. The largest absolute Gasteiger partial charge is 0.352 e. The molecule has 0 bridgehead atoms. The van der Waals surface area contributed by atoms with Crippen LogP contribution in [-0.2, 0) is 16.4 Å². The molecule has 9 heteroatoms. The number of benzene rings is 1. The van der Waals surface area contributed by atoms with Crippen molar-refractivity contribution in [2.45, 2.75) is 75.5 Å². The van der Waals surface area contributed by atoms with Crippen LogP contribution in [0.3, 0.4) is 0 Å². The van der Waals surface area contributed by atoms with Gasteiger partial charge >= 0.3 is 0 Å². The Kier molecular flexibility index (Phi) is 11.7. The van der Waals surface area contributed by atoms with E-state index in [1.807, 2.05) is 6.07 Å². The Labute approximate surface area is 225 Å². The molecule has 1 aromatic heterocycles. The molecule has 200 valence electrons. The Morgan fingerprint density at radius 3 is 2.64 bits per heavy atom. The van der Waals surface area contributed by atoms with E-state index in [1.165, 1.54) is 37.0 Å². The van der Waals surface area contributed by atoms with E-state index in [0.717, 1.165) is 30.7 Å². The van der Waals surface area contributed by atoms with E-state index in [4.69, 9.17) is 11.6 Å². The van der Waals surface area contributed by atoms with E-state index >= 15 is 0 Å². The summed E-state index contributed by atoms with van der Waals surface area (Å²) in [5, 5.41) is 7.19. The first-order valence-corrected chi connectivity index (χ1v) is 15.8. The van der Waals surface area contributed by atoms with E-state index in [0.29, 0.717) is 52.8 Å². The van der Waals surface area contributed by atoms with E-state index < -0.39 is 10.0 Å². The molecule has 2 aromatic rings. The highest BCUT2D eigenvalue weighted by Crippen LogP contribution is 2.27. The van der Waals surface area contributed by atoms with Crippen molar-refractivity contribution in [1.29, 1.82) is 0 Å². The van der Waals surface area contributed by atoms with Crippen molar-refractivity contribution in [3.63, 3.8) is 0 Å². The lowest BCUT2D eigenvalue weighted by molar-refractivity contribution is 0.0954. The second-order valence-electron chi connectivity index (χ2n) is 9.59. The van der Waals surface area contributed by atoms with Gasteiger partial charge in [0.1, 0.15) is 4.21 Å². The molecular weight excluding hydrogens is 514 g/mol. The minimum absolute atomic E-state index is 0.167. The Balaban J connectivity index is 1.48. The van der Waals surface area contributed by atoms with E-state index in [1.54, 1.807) is 34.6 Å². The van der Waals surface area contributed by atoms with Gasteiger partial charge in [-0.1, -0.05) is 44.7 Å². The summed E-state index contributed by atoms with van der Waals surface area (Å²) < 4.78 is 28.7. The lowest BCUT2D eigenvalue weighted by Crippen LogP contribution is -2.35. The van der Waals surface area contributed by atoms with E-state index in [2.05, 4.69) is 24.5 Å². The number of hydrogen-bond donors (Lipinski definition) is 2. The van der Waals surface area contributed by atoms with Crippen LogP contribution in [0.15, 0.2) is 40.6 Å². The third-order valence-electron chi connectivity index (χ3n) is 6.92. The van der Waals surface area contributed by atoms with Crippen molar-refractivity contribution in [3.05, 3.63) is 51.9 Å². The number of carbonyl (C=O) groups is 1. The summed E-state index contributed by atoms with van der Waals surface area (Å²) >= 11 is 7.17. The second kappa shape index (κ2) is 14.5. The molecule has 0 aliphatic carbocycles. The molecule has 1 aromatic carbocycles. The van der Waals surface area contributed by atoms with Crippen molar-refractivity contribution >= 4 is 38.9 Å². The standard InChI is InChI=1S/C27H40ClN3O3S2/c1-3-5-7-21(4-2)20-30-24-8-6-18-31(19-16-24)36(33,34)26-14-13-25(35-26)15-17-29-27(32)22-9-11-23(28)12-10-22/h9-14,21,24,30H,3-8,15-20H2,1-2H3,(H,29,32). The van der Waals surface area contributed by atoms with Crippen molar-refractivity contribution in [2.24, 2.45) is 5.92 Å². The Hall–Kier alpha value is -1.45. The van der Waals surface area contributed by atoms with Gasteiger partial charge in [-0.2, -0.15) is 4.31 Å². The van der Waals surface area contributed by atoms with Crippen LogP contribution in [0.4, 0.5) is 0 Å². The average molecular weight is 554 g/mol. The van der Waals surface area contributed by atoms with Crippen molar-refractivity contribution in [1.82, 2.24) is 14.9 Å². The quantitative estimate of drug-likeness (QED) is 0.332. The number of sulfonamides is 1. The molecule has 2 heterocycles. The molecular formula is C27H40ClN3O3S2. The van der Waals surface area contributed by atoms with Crippen LogP contribution >= 0.6 is 22.9 Å². The first kappa shape index (κ1) is 29.1. The maximum atomic E-state index is 13.3. The summed E-state index contributed by atoms with van der Waals surface area (Å²) in [5.74, 6) is 0.535. The number of rotatable bonds is 13. The van der Waals surface area contributed by atoms with Crippen molar-refractivity contribution in [3.8, 4) is 0 Å². The summed E-state index contributed by atoms with van der Waals surface area (Å²) in [6, 6.07) is 10.7. The topological polar surface area (TPSA) is 78.5 Å². The highest BCUT2D eigenvalue weighted by Gasteiger charge is 2.29. The molecule has 0 saturated carbocycles. The molecule has 1 saturated heterocycles. The predicted octanol–water partition coefficient (Wildman–Crippen LogP) is 5.72. The van der Waals surface area contributed by atoms with Crippen molar-refractivity contribution < 1.29 is 13.2 Å². The van der Waals surface area contributed by atoms with Gasteiger partial charge < -0.3 is 10.6 Å². The Morgan fingerprint density at radius 2 is 1.92 bits per heavy atom. The average Bonchev–Trinajstić information content (AvgIpc) is 3.22. The van der Waals surface area contributed by atoms with Crippen LogP contribution < -0.4 is 10.6 Å². The lowest BCUT2D eigenvalue weighted by atomic mass is 9.98. The normalized spacial score (nSPS) is 18.0. The van der Waals surface area contributed by atoms with Crippen LogP contribution in [0.2, 0.25) is 5.02 Å². The third kappa shape index (κ3) is 8.55. The van der Waals surface area contributed by atoms with Crippen LogP contribution in [0.1, 0.15) is 74.0 Å². The fourth-order valence-corrected chi connectivity index (χ4v) is 7.68. The van der Waals surface area contributed by atoms with E-state index in [9.17, 15) is 13.2 Å². The second-order valence-corrected chi connectivity index (χ2v) is 13.4. The van der Waals surface area contributed by atoms with Gasteiger partial charge in [-0.25, -0.2) is 8.42 Å².